The summed E-state index contributed by atoms with van der Waals surface area (Å²) in [6.45, 7) is 2.05. The SMILES string of the molecule is C.C[C@@H](O)[C@H](NC(=O)c1ccc(C#Cc2ccc(NC(=O)CNCCc3ccc(F)cc3)cc2)cc1)C(=O)NO. The first-order chi connectivity index (χ1) is 18.7. The number of halogens is 1. The van der Waals surface area contributed by atoms with Crippen molar-refractivity contribution in [3.05, 3.63) is 101 Å². The number of carbonyl (C=O) groups excluding carboxylic acids is 3. The van der Waals surface area contributed by atoms with Crippen molar-refractivity contribution in [3.8, 4) is 11.8 Å². The van der Waals surface area contributed by atoms with E-state index in [1.807, 2.05) is 0 Å². The third-order valence-corrected chi connectivity index (χ3v) is 5.62. The molecule has 3 aromatic carbocycles. The van der Waals surface area contributed by atoms with Crippen LogP contribution in [0.3, 0.4) is 0 Å². The van der Waals surface area contributed by atoms with Crippen LogP contribution in [0.2, 0.25) is 0 Å². The largest absolute Gasteiger partial charge is 0.391 e. The highest BCUT2D eigenvalue weighted by molar-refractivity contribution is 5.97. The molecule has 0 unspecified atom stereocenters. The molecule has 0 spiro atoms. The van der Waals surface area contributed by atoms with E-state index in [1.54, 1.807) is 48.5 Å². The Kier molecular flexibility index (Phi) is 12.5. The number of hydrogen-bond donors (Lipinski definition) is 6. The fourth-order valence-corrected chi connectivity index (χ4v) is 3.48. The summed E-state index contributed by atoms with van der Waals surface area (Å²) < 4.78 is 12.9. The number of benzene rings is 3. The fourth-order valence-electron chi connectivity index (χ4n) is 3.48. The lowest BCUT2D eigenvalue weighted by molar-refractivity contribution is -0.133. The molecule has 0 heterocycles. The van der Waals surface area contributed by atoms with E-state index in [-0.39, 0.29) is 31.3 Å². The summed E-state index contributed by atoms with van der Waals surface area (Å²) in [6.07, 6.45) is -0.523. The number of anilines is 1. The van der Waals surface area contributed by atoms with Gasteiger partial charge in [-0.1, -0.05) is 31.4 Å². The summed E-state index contributed by atoms with van der Waals surface area (Å²) in [4.78, 5) is 36.1. The minimum absolute atomic E-state index is 0. The van der Waals surface area contributed by atoms with Crippen LogP contribution < -0.4 is 21.4 Å². The standard InChI is InChI=1S/C29H29FN4O5.CH4/c1-19(35)27(29(38)34-39)33-28(37)23-10-4-20(5-11-23)2-3-21-8-14-25(15-9-21)32-26(36)18-31-17-16-22-6-12-24(30)13-7-22;/h4-15,19,27,31,35,39H,16-18H2,1H3,(H,32,36)(H,33,37)(H,34,38);1H4/t19-,27+;/m1./s1. The first-order valence-corrected chi connectivity index (χ1v) is 12.1. The highest BCUT2D eigenvalue weighted by atomic mass is 19.1. The number of aliphatic hydroxyl groups is 1. The van der Waals surface area contributed by atoms with Crippen molar-refractivity contribution in [2.75, 3.05) is 18.4 Å². The minimum Gasteiger partial charge on any atom is -0.391 e. The van der Waals surface area contributed by atoms with Gasteiger partial charge in [0, 0.05) is 22.4 Å². The maximum Gasteiger partial charge on any atom is 0.268 e. The maximum atomic E-state index is 12.9. The van der Waals surface area contributed by atoms with Crippen LogP contribution in [0.15, 0.2) is 72.8 Å². The zero-order valence-corrected chi connectivity index (χ0v) is 21.2. The summed E-state index contributed by atoms with van der Waals surface area (Å²) in [5.41, 5.74) is 4.65. The summed E-state index contributed by atoms with van der Waals surface area (Å²) >= 11 is 0. The first kappa shape index (κ1) is 31.7. The topological polar surface area (TPSA) is 140 Å². The highest BCUT2D eigenvalue weighted by Gasteiger charge is 2.25. The molecule has 3 amide bonds. The number of nitrogens with one attached hydrogen (secondary N) is 4. The lowest BCUT2D eigenvalue weighted by Gasteiger charge is -2.19. The molecule has 0 aliphatic rings. The smallest absolute Gasteiger partial charge is 0.268 e. The second-order valence-electron chi connectivity index (χ2n) is 8.67. The van der Waals surface area contributed by atoms with E-state index in [1.165, 1.54) is 36.7 Å². The van der Waals surface area contributed by atoms with Gasteiger partial charge in [-0.25, -0.2) is 9.87 Å². The molecule has 0 radical (unpaired) electrons. The normalized spacial score (nSPS) is 11.6. The number of amides is 3. The lowest BCUT2D eigenvalue weighted by Crippen LogP contribution is -2.51. The van der Waals surface area contributed by atoms with Gasteiger partial charge in [0.15, 0.2) is 0 Å². The molecule has 0 aliphatic carbocycles. The molecule has 0 saturated heterocycles. The number of aliphatic hydroxyl groups excluding tert-OH is 1. The second kappa shape index (κ2) is 15.8. The molecule has 9 nitrogen and oxygen atoms in total. The summed E-state index contributed by atoms with van der Waals surface area (Å²) in [5, 5.41) is 26.6. The molecule has 10 heteroatoms. The fraction of sp³-hybridized carbons (Fsp3) is 0.233. The van der Waals surface area contributed by atoms with E-state index in [0.717, 1.165) is 11.1 Å². The summed E-state index contributed by atoms with van der Waals surface area (Å²) in [6, 6.07) is 18.3. The van der Waals surface area contributed by atoms with Gasteiger partial charge in [0.2, 0.25) is 5.91 Å². The number of hydroxylamine groups is 1. The Morgan fingerprint density at radius 3 is 2.02 bits per heavy atom. The van der Waals surface area contributed by atoms with Crippen molar-refractivity contribution in [2.24, 2.45) is 0 Å². The Morgan fingerprint density at radius 1 is 0.900 bits per heavy atom. The lowest BCUT2D eigenvalue weighted by atomic mass is 10.1. The Hall–Kier alpha value is -4.56. The van der Waals surface area contributed by atoms with Gasteiger partial charge in [-0.15, -0.1) is 0 Å². The van der Waals surface area contributed by atoms with E-state index in [2.05, 4.69) is 27.8 Å². The predicted octanol–water partition coefficient (Wildman–Crippen LogP) is 2.62. The van der Waals surface area contributed by atoms with Gasteiger partial charge in [0.25, 0.3) is 11.8 Å². The van der Waals surface area contributed by atoms with Gasteiger partial charge in [0.05, 0.1) is 12.6 Å². The minimum atomic E-state index is -1.31. The van der Waals surface area contributed by atoms with Crippen molar-refractivity contribution in [1.82, 2.24) is 16.1 Å². The van der Waals surface area contributed by atoms with Crippen molar-refractivity contribution in [2.45, 2.75) is 32.9 Å². The van der Waals surface area contributed by atoms with Crippen LogP contribution in [0.1, 0.15) is 41.4 Å². The zero-order valence-electron chi connectivity index (χ0n) is 21.2. The number of rotatable bonds is 10. The molecule has 40 heavy (non-hydrogen) atoms. The van der Waals surface area contributed by atoms with Crippen molar-refractivity contribution >= 4 is 23.4 Å². The molecule has 0 aliphatic heterocycles. The van der Waals surface area contributed by atoms with Gasteiger partial charge >= 0.3 is 0 Å². The van der Waals surface area contributed by atoms with Crippen LogP contribution in [0.5, 0.6) is 0 Å². The monoisotopic (exact) mass is 548 g/mol. The number of hydrogen-bond acceptors (Lipinski definition) is 6. The average Bonchev–Trinajstić information content (AvgIpc) is 2.94. The van der Waals surface area contributed by atoms with Crippen molar-refractivity contribution in [1.29, 1.82) is 0 Å². The Labute approximate surface area is 232 Å². The van der Waals surface area contributed by atoms with Crippen LogP contribution in [-0.4, -0.2) is 53.3 Å². The zero-order chi connectivity index (χ0) is 28.2. The van der Waals surface area contributed by atoms with E-state index in [9.17, 15) is 23.9 Å². The van der Waals surface area contributed by atoms with E-state index < -0.39 is 24.0 Å². The summed E-state index contributed by atoms with van der Waals surface area (Å²) in [7, 11) is 0. The molecule has 0 saturated carbocycles. The Balaban J connectivity index is 0.00000560. The molecule has 0 bridgehead atoms. The van der Waals surface area contributed by atoms with Gasteiger partial charge < -0.3 is 21.1 Å². The van der Waals surface area contributed by atoms with Gasteiger partial charge in [-0.05, 0) is 86.1 Å². The van der Waals surface area contributed by atoms with E-state index in [0.29, 0.717) is 24.2 Å². The first-order valence-electron chi connectivity index (χ1n) is 12.1. The van der Waals surface area contributed by atoms with E-state index >= 15 is 0 Å². The molecule has 3 rings (SSSR count). The van der Waals surface area contributed by atoms with Gasteiger partial charge in [-0.2, -0.15) is 0 Å². The second-order valence-corrected chi connectivity index (χ2v) is 8.67. The molecular formula is C30H33FN4O5. The molecule has 6 N–H and O–H groups in total. The Morgan fingerprint density at radius 2 is 1.48 bits per heavy atom. The van der Waals surface area contributed by atoms with Crippen LogP contribution >= 0.6 is 0 Å². The molecular weight excluding hydrogens is 515 g/mol. The third kappa shape index (κ3) is 9.96. The summed E-state index contributed by atoms with van der Waals surface area (Å²) in [5.74, 6) is 4.01. The van der Waals surface area contributed by atoms with E-state index in [4.69, 9.17) is 5.21 Å². The van der Waals surface area contributed by atoms with Crippen LogP contribution in [-0.2, 0) is 16.0 Å². The quantitative estimate of drug-likeness (QED) is 0.0997. The predicted molar refractivity (Wildman–Crippen MR) is 150 cm³/mol. The average molecular weight is 549 g/mol. The molecule has 0 aromatic heterocycles. The molecule has 3 aromatic rings. The van der Waals surface area contributed by atoms with Crippen LogP contribution in [0.4, 0.5) is 10.1 Å². The van der Waals surface area contributed by atoms with Gasteiger partial charge in [0.1, 0.15) is 11.9 Å². The van der Waals surface area contributed by atoms with Crippen molar-refractivity contribution < 1.29 is 29.1 Å². The maximum absolute atomic E-state index is 12.9. The number of carbonyl (C=O) groups is 3. The Bertz CT molecular complexity index is 1330. The van der Waals surface area contributed by atoms with Crippen LogP contribution in [0.25, 0.3) is 0 Å². The molecule has 210 valence electrons. The molecule has 0 fully saturated rings. The highest BCUT2D eigenvalue weighted by Crippen LogP contribution is 2.10. The van der Waals surface area contributed by atoms with Crippen molar-refractivity contribution in [3.63, 3.8) is 0 Å². The van der Waals surface area contributed by atoms with Gasteiger partial charge in [-0.3, -0.25) is 19.6 Å². The molecule has 2 atom stereocenters. The van der Waals surface area contributed by atoms with Crippen LogP contribution in [0, 0.1) is 17.7 Å². The third-order valence-electron chi connectivity index (χ3n) is 5.62.